The molecule has 0 rings (SSSR count). The lowest BCUT2D eigenvalue weighted by Gasteiger charge is -2.17. The lowest BCUT2D eigenvalue weighted by molar-refractivity contribution is -0.142. The minimum atomic E-state index is -0.280. The molecule has 0 aliphatic heterocycles. The summed E-state index contributed by atoms with van der Waals surface area (Å²) < 4.78 is 4.95. The number of carbonyl (C=O) groups excluding carboxylic acids is 1. The Balaban J connectivity index is 3.57. The van der Waals surface area contributed by atoms with E-state index in [-0.39, 0.29) is 5.97 Å². The number of rotatable bonds is 5. The second-order valence-corrected chi connectivity index (χ2v) is 3.52. The van der Waals surface area contributed by atoms with Crippen LogP contribution in [-0.2, 0) is 9.53 Å². The minimum Gasteiger partial charge on any atom is -0.446 e. The van der Waals surface area contributed by atoms with Crippen LogP contribution >= 0.6 is 0 Å². The van der Waals surface area contributed by atoms with Crippen LogP contribution in [0.3, 0.4) is 0 Å². The molecular formula is C10H19NO2. The molecule has 0 aromatic heterocycles. The number of hydrogen-bond acceptors (Lipinski definition) is 3. The molecule has 3 heteroatoms. The third kappa shape index (κ3) is 7.53. The Kier molecular flexibility index (Phi) is 6.24. The van der Waals surface area contributed by atoms with Crippen molar-refractivity contribution >= 4 is 5.97 Å². The molecule has 0 bridgehead atoms. The number of nitrogens with zero attached hydrogens (tertiary/aromatic N) is 1. The van der Waals surface area contributed by atoms with Crippen LogP contribution in [-0.4, -0.2) is 31.2 Å². The fourth-order valence-electron chi connectivity index (χ4n) is 1.03. The molecule has 0 saturated carbocycles. The highest BCUT2D eigenvalue weighted by atomic mass is 16.5. The molecular weight excluding hydrogens is 166 g/mol. The molecule has 13 heavy (non-hydrogen) atoms. The Bertz CT molecular complexity index is 176. The van der Waals surface area contributed by atoms with Gasteiger partial charge in [-0.05, 0) is 19.9 Å². The predicted molar refractivity (Wildman–Crippen MR) is 53.2 cm³/mol. The summed E-state index contributed by atoms with van der Waals surface area (Å²) in [6.07, 6.45) is 3.09. The van der Waals surface area contributed by atoms with Crippen molar-refractivity contribution in [1.82, 2.24) is 4.90 Å². The number of esters is 1. The summed E-state index contributed by atoms with van der Waals surface area (Å²) in [4.78, 5) is 12.9. The standard InChI is InChI=1S/C10H19NO2/c1-5-6-10(12)13-8-11(4)7-9(2)3/h5-6,9H,7-8H2,1-4H3/b6-5-. The van der Waals surface area contributed by atoms with Gasteiger partial charge in [-0.2, -0.15) is 0 Å². The van der Waals surface area contributed by atoms with E-state index in [0.29, 0.717) is 12.6 Å². The molecule has 0 heterocycles. The number of ether oxygens (including phenoxy) is 1. The fraction of sp³-hybridized carbons (Fsp3) is 0.700. The van der Waals surface area contributed by atoms with Crippen LogP contribution in [0.2, 0.25) is 0 Å². The van der Waals surface area contributed by atoms with Gasteiger partial charge in [0.15, 0.2) is 0 Å². The van der Waals surface area contributed by atoms with Crippen molar-refractivity contribution in [2.75, 3.05) is 20.3 Å². The first-order chi connectivity index (χ1) is 6.06. The van der Waals surface area contributed by atoms with Gasteiger partial charge in [-0.15, -0.1) is 0 Å². The van der Waals surface area contributed by atoms with E-state index in [1.54, 1.807) is 13.0 Å². The predicted octanol–water partition coefficient (Wildman–Crippen LogP) is 1.65. The summed E-state index contributed by atoms with van der Waals surface area (Å²) in [5.74, 6) is 0.309. The van der Waals surface area contributed by atoms with E-state index < -0.39 is 0 Å². The Labute approximate surface area is 80.4 Å². The largest absolute Gasteiger partial charge is 0.446 e. The first-order valence-electron chi connectivity index (χ1n) is 4.54. The third-order valence-electron chi connectivity index (χ3n) is 1.41. The maximum atomic E-state index is 10.9. The van der Waals surface area contributed by atoms with Gasteiger partial charge in [-0.3, -0.25) is 4.90 Å². The maximum Gasteiger partial charge on any atom is 0.331 e. The summed E-state index contributed by atoms with van der Waals surface area (Å²) in [7, 11) is 1.93. The van der Waals surface area contributed by atoms with Crippen LogP contribution in [0.5, 0.6) is 0 Å². The molecule has 0 aromatic carbocycles. The van der Waals surface area contributed by atoms with Gasteiger partial charge in [0.1, 0.15) is 6.73 Å². The molecule has 0 spiro atoms. The Hall–Kier alpha value is -0.830. The highest BCUT2D eigenvalue weighted by Crippen LogP contribution is 1.95. The van der Waals surface area contributed by atoms with E-state index in [9.17, 15) is 4.79 Å². The summed E-state index contributed by atoms with van der Waals surface area (Å²) in [5, 5.41) is 0. The van der Waals surface area contributed by atoms with Crippen molar-refractivity contribution in [3.63, 3.8) is 0 Å². The molecule has 0 amide bonds. The van der Waals surface area contributed by atoms with Gasteiger partial charge in [0.25, 0.3) is 0 Å². The van der Waals surface area contributed by atoms with Crippen LogP contribution in [0.25, 0.3) is 0 Å². The first kappa shape index (κ1) is 12.2. The lowest BCUT2D eigenvalue weighted by Crippen LogP contribution is -2.27. The summed E-state index contributed by atoms with van der Waals surface area (Å²) in [6, 6.07) is 0. The van der Waals surface area contributed by atoms with E-state index >= 15 is 0 Å². The fourth-order valence-corrected chi connectivity index (χ4v) is 1.03. The molecule has 0 fully saturated rings. The van der Waals surface area contributed by atoms with E-state index in [2.05, 4.69) is 13.8 Å². The van der Waals surface area contributed by atoms with Crippen LogP contribution in [0.15, 0.2) is 12.2 Å². The second kappa shape index (κ2) is 6.66. The highest BCUT2D eigenvalue weighted by molar-refractivity contribution is 5.81. The van der Waals surface area contributed by atoms with Gasteiger partial charge in [-0.25, -0.2) is 4.79 Å². The Morgan fingerprint density at radius 1 is 1.54 bits per heavy atom. The van der Waals surface area contributed by atoms with Gasteiger partial charge < -0.3 is 4.74 Å². The lowest BCUT2D eigenvalue weighted by atomic mass is 10.2. The molecule has 76 valence electrons. The summed E-state index contributed by atoms with van der Waals surface area (Å²) >= 11 is 0. The minimum absolute atomic E-state index is 0.280. The van der Waals surface area contributed by atoms with Crippen LogP contribution in [0, 0.1) is 5.92 Å². The van der Waals surface area contributed by atoms with Crippen molar-refractivity contribution in [1.29, 1.82) is 0 Å². The van der Waals surface area contributed by atoms with Crippen molar-refractivity contribution in [2.24, 2.45) is 5.92 Å². The topological polar surface area (TPSA) is 29.5 Å². The zero-order valence-electron chi connectivity index (χ0n) is 8.91. The van der Waals surface area contributed by atoms with Gasteiger partial charge in [0.2, 0.25) is 0 Å². The SMILES string of the molecule is C/C=C\C(=O)OCN(C)CC(C)C. The molecule has 0 aromatic rings. The molecule has 0 saturated heterocycles. The average molecular weight is 185 g/mol. The zero-order valence-corrected chi connectivity index (χ0v) is 8.91. The molecule has 0 radical (unpaired) electrons. The number of carbonyl (C=O) groups is 1. The molecule has 0 aliphatic rings. The van der Waals surface area contributed by atoms with E-state index in [4.69, 9.17) is 4.74 Å². The van der Waals surface area contributed by atoms with E-state index in [0.717, 1.165) is 6.54 Å². The average Bonchev–Trinajstić information content (AvgIpc) is 2.00. The Morgan fingerprint density at radius 3 is 2.62 bits per heavy atom. The van der Waals surface area contributed by atoms with Crippen molar-refractivity contribution in [2.45, 2.75) is 20.8 Å². The van der Waals surface area contributed by atoms with Crippen LogP contribution < -0.4 is 0 Å². The Morgan fingerprint density at radius 2 is 2.15 bits per heavy atom. The summed E-state index contributed by atoms with van der Waals surface area (Å²) in [6.45, 7) is 7.35. The van der Waals surface area contributed by atoms with Gasteiger partial charge in [0.05, 0.1) is 0 Å². The highest BCUT2D eigenvalue weighted by Gasteiger charge is 2.03. The smallest absolute Gasteiger partial charge is 0.331 e. The van der Waals surface area contributed by atoms with Crippen molar-refractivity contribution in [3.05, 3.63) is 12.2 Å². The van der Waals surface area contributed by atoms with Gasteiger partial charge in [0, 0.05) is 12.6 Å². The first-order valence-corrected chi connectivity index (χ1v) is 4.54. The van der Waals surface area contributed by atoms with Crippen LogP contribution in [0.1, 0.15) is 20.8 Å². The van der Waals surface area contributed by atoms with Crippen LogP contribution in [0.4, 0.5) is 0 Å². The van der Waals surface area contributed by atoms with Gasteiger partial charge in [-0.1, -0.05) is 19.9 Å². The van der Waals surface area contributed by atoms with E-state index in [1.807, 2.05) is 11.9 Å². The molecule has 3 nitrogen and oxygen atoms in total. The normalized spacial score (nSPS) is 11.5. The monoisotopic (exact) mass is 185 g/mol. The quantitative estimate of drug-likeness (QED) is 0.370. The second-order valence-electron chi connectivity index (χ2n) is 3.52. The van der Waals surface area contributed by atoms with Crippen molar-refractivity contribution < 1.29 is 9.53 Å². The molecule has 0 atom stereocenters. The maximum absolute atomic E-state index is 10.9. The zero-order chi connectivity index (χ0) is 10.3. The third-order valence-corrected chi connectivity index (χ3v) is 1.41. The molecule has 0 N–H and O–H groups in total. The van der Waals surface area contributed by atoms with E-state index in [1.165, 1.54) is 6.08 Å². The molecule has 0 unspecified atom stereocenters. The van der Waals surface area contributed by atoms with Crippen molar-refractivity contribution in [3.8, 4) is 0 Å². The van der Waals surface area contributed by atoms with Gasteiger partial charge >= 0.3 is 5.97 Å². The number of allylic oxidation sites excluding steroid dienone is 1. The molecule has 0 aliphatic carbocycles. The number of hydrogen-bond donors (Lipinski definition) is 0. The summed E-state index contributed by atoms with van der Waals surface area (Å²) in [5.41, 5.74) is 0.